The van der Waals surface area contributed by atoms with Crippen LogP contribution in [0.5, 0.6) is 0 Å². The summed E-state index contributed by atoms with van der Waals surface area (Å²) in [5.74, 6) is -0.184. The first-order valence-corrected chi connectivity index (χ1v) is 6.39. The molecule has 1 aromatic carbocycles. The lowest BCUT2D eigenvalue weighted by Gasteiger charge is -2.12. The van der Waals surface area contributed by atoms with Crippen molar-refractivity contribution in [2.24, 2.45) is 0 Å². The number of benzene rings is 1. The van der Waals surface area contributed by atoms with Gasteiger partial charge in [-0.2, -0.15) is 24.9 Å². The summed E-state index contributed by atoms with van der Waals surface area (Å²) in [4.78, 5) is 12.1. The van der Waals surface area contributed by atoms with Crippen LogP contribution in [-0.2, 0) is 6.18 Å². The van der Waals surface area contributed by atoms with Crippen molar-refractivity contribution in [1.82, 2.24) is 0 Å². The maximum Gasteiger partial charge on any atom is 0.416 e. The van der Waals surface area contributed by atoms with Crippen molar-refractivity contribution in [2.45, 2.75) is 23.8 Å². The lowest BCUT2D eigenvalue weighted by molar-refractivity contribution is -0.137. The summed E-state index contributed by atoms with van der Waals surface area (Å²) in [6.07, 6.45) is -1.07. The number of hydrogen-bond acceptors (Lipinski definition) is 2. The molecule has 0 spiro atoms. The largest absolute Gasteiger partial charge is 0.416 e. The lowest BCUT2D eigenvalue weighted by atomic mass is 10.0. The van der Waals surface area contributed by atoms with E-state index < -0.39 is 16.5 Å². The quantitative estimate of drug-likeness (QED) is 0.769. The lowest BCUT2D eigenvalue weighted by Crippen LogP contribution is -2.19. The van der Waals surface area contributed by atoms with Gasteiger partial charge in [-0.15, -0.1) is 0 Å². The molecule has 0 aliphatic heterocycles. The Kier molecular flexibility index (Phi) is 2.97. The van der Waals surface area contributed by atoms with Gasteiger partial charge < -0.3 is 0 Å². The summed E-state index contributed by atoms with van der Waals surface area (Å²) in [6, 6.07) is 4.66. The summed E-state index contributed by atoms with van der Waals surface area (Å²) in [6.45, 7) is 0. The van der Waals surface area contributed by atoms with Gasteiger partial charge in [0.15, 0.2) is 5.78 Å². The molecular weight excluding hydrogens is 249 g/mol. The molecule has 2 rings (SSSR count). The highest BCUT2D eigenvalue weighted by Gasteiger charge is 2.49. The summed E-state index contributed by atoms with van der Waals surface area (Å²) in [5, 5.41) is 0. The number of Topliss-reactive ketones (excluding diaryl/α,β-unsaturated/α-hetero) is 1. The van der Waals surface area contributed by atoms with Crippen LogP contribution in [0.15, 0.2) is 24.3 Å². The monoisotopic (exact) mass is 260 g/mol. The maximum absolute atomic E-state index is 12.5. The van der Waals surface area contributed by atoms with Gasteiger partial charge in [0.05, 0.1) is 10.3 Å². The van der Waals surface area contributed by atoms with E-state index in [2.05, 4.69) is 0 Å². The topological polar surface area (TPSA) is 17.1 Å². The van der Waals surface area contributed by atoms with Crippen molar-refractivity contribution in [2.75, 3.05) is 6.26 Å². The van der Waals surface area contributed by atoms with Gasteiger partial charge in [0.1, 0.15) is 0 Å². The highest BCUT2D eigenvalue weighted by atomic mass is 32.2. The Hall–Kier alpha value is -0.970. The Bertz CT molecular complexity index is 449. The second-order valence-electron chi connectivity index (χ2n) is 4.11. The van der Waals surface area contributed by atoms with E-state index in [1.165, 1.54) is 23.9 Å². The number of halogens is 3. The van der Waals surface area contributed by atoms with Crippen LogP contribution in [0.4, 0.5) is 13.2 Å². The summed E-state index contributed by atoms with van der Waals surface area (Å²) in [7, 11) is 0. The molecule has 1 saturated carbocycles. The van der Waals surface area contributed by atoms with Gasteiger partial charge in [0.2, 0.25) is 0 Å². The molecule has 92 valence electrons. The van der Waals surface area contributed by atoms with Crippen LogP contribution >= 0.6 is 11.8 Å². The minimum atomic E-state index is -4.40. The molecular formula is C12H11F3OS. The molecule has 0 radical (unpaired) electrons. The number of rotatable bonds is 3. The molecule has 17 heavy (non-hydrogen) atoms. The molecule has 1 aliphatic rings. The highest BCUT2D eigenvalue weighted by Crippen LogP contribution is 2.49. The maximum atomic E-state index is 12.5. The van der Waals surface area contributed by atoms with Crippen LogP contribution in [0.1, 0.15) is 28.8 Å². The SMILES string of the molecule is CSC1(C(=O)c2cccc(C(F)(F)F)c2)CC1. The Balaban J connectivity index is 2.31. The number of alkyl halides is 3. The van der Waals surface area contributed by atoms with Gasteiger partial charge in [-0.25, -0.2) is 0 Å². The van der Waals surface area contributed by atoms with Gasteiger partial charge in [0.25, 0.3) is 0 Å². The number of carbonyl (C=O) groups excluding carboxylic acids is 1. The zero-order chi connectivity index (χ0) is 12.7. The van der Waals surface area contributed by atoms with Crippen LogP contribution < -0.4 is 0 Å². The molecule has 0 bridgehead atoms. The smallest absolute Gasteiger partial charge is 0.293 e. The van der Waals surface area contributed by atoms with Gasteiger partial charge in [-0.1, -0.05) is 12.1 Å². The van der Waals surface area contributed by atoms with E-state index in [1.54, 1.807) is 0 Å². The third-order valence-corrected chi connectivity index (χ3v) is 4.34. The molecule has 0 atom stereocenters. The fourth-order valence-corrected chi connectivity index (χ4v) is 2.55. The number of hydrogen-bond donors (Lipinski definition) is 0. The summed E-state index contributed by atoms with van der Waals surface area (Å²) < 4.78 is 37.1. The molecule has 1 nitrogen and oxygen atoms in total. The predicted molar refractivity (Wildman–Crippen MR) is 61.3 cm³/mol. The van der Waals surface area contributed by atoms with E-state index >= 15 is 0 Å². The Morgan fingerprint density at radius 2 is 2.00 bits per heavy atom. The predicted octanol–water partition coefficient (Wildman–Crippen LogP) is 3.78. The van der Waals surface area contributed by atoms with Crippen molar-refractivity contribution in [1.29, 1.82) is 0 Å². The van der Waals surface area contributed by atoms with Gasteiger partial charge in [-0.05, 0) is 31.2 Å². The van der Waals surface area contributed by atoms with Crippen LogP contribution in [0, 0.1) is 0 Å². The van der Waals surface area contributed by atoms with Gasteiger partial charge >= 0.3 is 6.18 Å². The van der Waals surface area contributed by atoms with E-state index in [0.717, 1.165) is 25.0 Å². The van der Waals surface area contributed by atoms with Crippen LogP contribution in [-0.4, -0.2) is 16.8 Å². The van der Waals surface area contributed by atoms with E-state index in [4.69, 9.17) is 0 Å². The van der Waals surface area contributed by atoms with E-state index in [1.807, 2.05) is 6.26 Å². The average molecular weight is 260 g/mol. The van der Waals surface area contributed by atoms with E-state index in [0.29, 0.717) is 0 Å². The molecule has 5 heteroatoms. The third kappa shape index (κ3) is 2.34. The normalized spacial score (nSPS) is 17.9. The number of carbonyl (C=O) groups is 1. The second-order valence-corrected chi connectivity index (χ2v) is 5.30. The minimum absolute atomic E-state index is 0.159. The molecule has 0 saturated heterocycles. The number of ketones is 1. The standard InChI is InChI=1S/C12H11F3OS/c1-17-11(5-6-11)10(16)8-3-2-4-9(7-8)12(13,14)15/h2-4,7H,5-6H2,1H3. The first-order chi connectivity index (χ1) is 7.89. The molecule has 0 heterocycles. The minimum Gasteiger partial charge on any atom is -0.293 e. The Morgan fingerprint density at radius 3 is 2.47 bits per heavy atom. The molecule has 1 fully saturated rings. The Morgan fingerprint density at radius 1 is 1.35 bits per heavy atom. The second kappa shape index (κ2) is 4.05. The summed E-state index contributed by atoms with van der Waals surface area (Å²) in [5.41, 5.74) is -0.605. The van der Waals surface area contributed by atoms with E-state index in [-0.39, 0.29) is 11.3 Å². The fourth-order valence-electron chi connectivity index (χ4n) is 1.74. The molecule has 1 aromatic rings. The third-order valence-electron chi connectivity index (χ3n) is 2.96. The van der Waals surface area contributed by atoms with Gasteiger partial charge in [0, 0.05) is 5.56 Å². The van der Waals surface area contributed by atoms with Crippen molar-refractivity contribution >= 4 is 17.5 Å². The van der Waals surface area contributed by atoms with Crippen molar-refractivity contribution in [3.05, 3.63) is 35.4 Å². The van der Waals surface area contributed by atoms with E-state index in [9.17, 15) is 18.0 Å². The Labute approximate surface area is 101 Å². The average Bonchev–Trinajstić information content (AvgIpc) is 3.08. The highest BCUT2D eigenvalue weighted by molar-refractivity contribution is 8.01. The molecule has 1 aliphatic carbocycles. The zero-order valence-electron chi connectivity index (χ0n) is 9.17. The van der Waals surface area contributed by atoms with Crippen LogP contribution in [0.3, 0.4) is 0 Å². The molecule has 0 unspecified atom stereocenters. The molecule has 0 aromatic heterocycles. The van der Waals surface area contributed by atoms with Gasteiger partial charge in [-0.3, -0.25) is 4.79 Å². The fraction of sp³-hybridized carbons (Fsp3) is 0.417. The van der Waals surface area contributed by atoms with Crippen molar-refractivity contribution < 1.29 is 18.0 Å². The van der Waals surface area contributed by atoms with Crippen LogP contribution in [0.2, 0.25) is 0 Å². The first kappa shape index (κ1) is 12.5. The first-order valence-electron chi connectivity index (χ1n) is 5.16. The number of thioether (sulfide) groups is 1. The van der Waals surface area contributed by atoms with Crippen molar-refractivity contribution in [3.8, 4) is 0 Å². The van der Waals surface area contributed by atoms with Crippen LogP contribution in [0.25, 0.3) is 0 Å². The van der Waals surface area contributed by atoms with Crippen molar-refractivity contribution in [3.63, 3.8) is 0 Å². The summed E-state index contributed by atoms with van der Waals surface area (Å²) >= 11 is 1.42. The molecule has 0 amide bonds. The molecule has 0 N–H and O–H groups in total. The zero-order valence-corrected chi connectivity index (χ0v) is 9.99.